The average Bonchev–Trinajstić information content (AvgIpc) is 4.05. The molecule has 2 aliphatic heterocycles. The summed E-state index contributed by atoms with van der Waals surface area (Å²) in [5.41, 5.74) is 16.5. The van der Waals surface area contributed by atoms with E-state index in [9.17, 15) is 37.9 Å². The quantitative estimate of drug-likeness (QED) is 0.0763. The summed E-state index contributed by atoms with van der Waals surface area (Å²) < 4.78 is 31.2. The number of H-pyrrole nitrogens is 2. The lowest BCUT2D eigenvalue weighted by Gasteiger charge is -2.34. The van der Waals surface area contributed by atoms with Crippen molar-refractivity contribution < 1.29 is 42.6 Å². The van der Waals surface area contributed by atoms with Crippen LogP contribution in [0.25, 0.3) is 34.0 Å². The van der Waals surface area contributed by atoms with Crippen molar-refractivity contribution in [2.45, 2.75) is 84.7 Å². The molecule has 2 amide bonds. The van der Waals surface area contributed by atoms with Gasteiger partial charge in [-0.15, -0.1) is 12.4 Å². The molecule has 7 N–H and O–H groups in total. The number of ketones is 2. The summed E-state index contributed by atoms with van der Waals surface area (Å²) in [6.07, 6.45) is 11.7. The van der Waals surface area contributed by atoms with E-state index >= 15 is 0 Å². The van der Waals surface area contributed by atoms with Crippen LogP contribution in [-0.2, 0) is 49.6 Å². The summed E-state index contributed by atoms with van der Waals surface area (Å²) in [5.74, 6) is -1.57. The van der Waals surface area contributed by atoms with E-state index in [1.807, 2.05) is 50.3 Å². The Kier molecular flexibility index (Phi) is 18.6. The fourth-order valence-corrected chi connectivity index (χ4v) is 10.0. The summed E-state index contributed by atoms with van der Waals surface area (Å²) in [7, 11) is 1.34. The fourth-order valence-electron chi connectivity index (χ4n) is 10.0. The van der Waals surface area contributed by atoms with Gasteiger partial charge in [-0.3, -0.25) is 24.6 Å². The molecule has 4 heterocycles. The van der Waals surface area contributed by atoms with Crippen LogP contribution >= 0.6 is 12.4 Å². The minimum absolute atomic E-state index is 0. The van der Waals surface area contributed by atoms with Crippen molar-refractivity contribution in [2.24, 2.45) is 17.6 Å². The van der Waals surface area contributed by atoms with Crippen LogP contribution in [0, 0.1) is 37.3 Å². The van der Waals surface area contributed by atoms with Gasteiger partial charge < -0.3 is 31.1 Å². The fraction of sp³-hybridized carbons (Fsp3) is 0.364. The van der Waals surface area contributed by atoms with E-state index in [4.69, 9.17) is 5.73 Å². The lowest BCUT2D eigenvalue weighted by atomic mass is 9.80. The van der Waals surface area contributed by atoms with E-state index in [1.165, 1.54) is 31.4 Å². The van der Waals surface area contributed by atoms with Gasteiger partial charge in [0.1, 0.15) is 23.7 Å². The van der Waals surface area contributed by atoms with Crippen LogP contribution in [0.3, 0.4) is 0 Å². The Hall–Kier alpha value is -7.08. The topological polar surface area (TPSA) is 225 Å². The molecule has 73 heavy (non-hydrogen) atoms. The second-order valence-corrected chi connectivity index (χ2v) is 18.7. The number of amides is 2. The van der Waals surface area contributed by atoms with Crippen LogP contribution in [-0.4, -0.2) is 105 Å². The van der Waals surface area contributed by atoms with Crippen LogP contribution in [0.4, 0.5) is 13.6 Å². The molecule has 386 valence electrons. The summed E-state index contributed by atoms with van der Waals surface area (Å²) >= 11 is 0. The number of fused-ring (bicyclic) bond motifs is 4. The number of nitrogens with zero attached hydrogens (tertiary/aromatic N) is 3. The van der Waals surface area contributed by atoms with Crippen molar-refractivity contribution in [1.82, 2.24) is 35.9 Å². The zero-order chi connectivity index (χ0) is 50.3. The first-order valence-corrected chi connectivity index (χ1v) is 23.9. The number of ether oxygens (including phenoxy) is 1. The predicted octanol–water partition coefficient (Wildman–Crippen LogP) is 7.94. The number of nitrogens with one attached hydrogen (secondary N) is 4. The highest BCUT2D eigenvalue weighted by Crippen LogP contribution is 2.33. The maximum atomic E-state index is 13.5. The number of aliphatic carboxylic acids is 1. The number of methoxy groups -OCH3 is 1. The number of carboxylic acids is 1. The number of Topliss-reactive ketones (excluding diaryl/α,β-unsaturated/α-hetero) is 2. The summed E-state index contributed by atoms with van der Waals surface area (Å²) in [5, 5.41) is 31.5. The number of carboxylic acid groups (broad SMARTS) is 1. The maximum Gasteiger partial charge on any atom is 0.326 e. The van der Waals surface area contributed by atoms with Gasteiger partial charge in [0, 0.05) is 43.1 Å². The summed E-state index contributed by atoms with van der Waals surface area (Å²) in [4.78, 5) is 62.5. The van der Waals surface area contributed by atoms with E-state index < -0.39 is 30.1 Å². The second-order valence-electron chi connectivity index (χ2n) is 18.7. The molecule has 6 aromatic rings. The largest absolute Gasteiger partial charge is 0.480 e. The number of halogens is 3. The lowest BCUT2D eigenvalue weighted by Crippen LogP contribution is -2.51. The zero-order valence-electron chi connectivity index (χ0n) is 40.4. The third-order valence-electron chi connectivity index (χ3n) is 13.8. The molecular weight excluding hydrogens is 958 g/mol. The van der Waals surface area contributed by atoms with Gasteiger partial charge in [-0.05, 0) is 175 Å². The third-order valence-corrected chi connectivity index (χ3v) is 13.8. The van der Waals surface area contributed by atoms with Crippen molar-refractivity contribution in [3.63, 3.8) is 0 Å². The minimum atomic E-state index is -1.10. The third kappa shape index (κ3) is 13.3. The van der Waals surface area contributed by atoms with Gasteiger partial charge in [0.15, 0.2) is 11.6 Å². The first-order chi connectivity index (χ1) is 34.1. The number of urea groups is 1. The Balaban J connectivity index is 0.000000197. The first-order valence-electron chi connectivity index (χ1n) is 23.9. The number of esters is 1. The number of aryl methyl sites for hydroxylation is 2. The van der Waals surface area contributed by atoms with Crippen molar-refractivity contribution in [3.05, 3.63) is 140 Å². The maximum absolute atomic E-state index is 13.5. The van der Waals surface area contributed by atoms with Gasteiger partial charge in [0.25, 0.3) is 0 Å². The number of hydrogen-bond donors (Lipinski definition) is 6. The van der Waals surface area contributed by atoms with Crippen LogP contribution < -0.4 is 16.4 Å². The number of rotatable bonds is 9. The lowest BCUT2D eigenvalue weighted by molar-refractivity contribution is -0.142. The highest BCUT2D eigenvalue weighted by atomic mass is 35.5. The van der Waals surface area contributed by atoms with Gasteiger partial charge in [0.05, 0.1) is 30.5 Å². The Morgan fingerprint density at radius 1 is 0.767 bits per heavy atom. The molecule has 10 rings (SSSR count). The van der Waals surface area contributed by atoms with Gasteiger partial charge in [0.2, 0.25) is 0 Å². The van der Waals surface area contributed by atoms with Crippen LogP contribution in [0.5, 0.6) is 0 Å². The molecular formula is C55H63ClF2N8O7. The molecule has 0 bridgehead atoms. The van der Waals surface area contributed by atoms with Gasteiger partial charge in [-0.1, -0.05) is 31.7 Å². The zero-order valence-corrected chi connectivity index (χ0v) is 41.2. The van der Waals surface area contributed by atoms with Crippen LogP contribution in [0.15, 0.2) is 84.2 Å². The number of carbonyl (C=O) groups excluding carboxylic acids is 4. The molecule has 2 saturated heterocycles. The van der Waals surface area contributed by atoms with E-state index in [-0.39, 0.29) is 61.8 Å². The van der Waals surface area contributed by atoms with E-state index in [0.717, 1.165) is 97.8 Å². The Bertz CT molecular complexity index is 3060. The molecule has 18 heteroatoms. The van der Waals surface area contributed by atoms with E-state index in [2.05, 4.69) is 35.8 Å². The highest BCUT2D eigenvalue weighted by molar-refractivity contribution is 6.05. The molecule has 2 atom stereocenters. The monoisotopic (exact) mass is 1020 g/mol. The predicted molar refractivity (Wildman–Crippen MR) is 279 cm³/mol. The van der Waals surface area contributed by atoms with Crippen molar-refractivity contribution in [3.8, 4) is 0 Å². The first kappa shape index (κ1) is 55.2. The van der Waals surface area contributed by atoms with Crippen LogP contribution in [0.1, 0.15) is 77.6 Å². The minimum Gasteiger partial charge on any atom is -0.480 e. The molecule has 2 aliphatic carbocycles. The van der Waals surface area contributed by atoms with E-state index in [1.54, 1.807) is 29.4 Å². The molecule has 4 aromatic carbocycles. The molecule has 0 radical (unpaired) electrons. The molecule has 2 aromatic heterocycles. The summed E-state index contributed by atoms with van der Waals surface area (Å²) in [6, 6.07) is 14.8. The van der Waals surface area contributed by atoms with Gasteiger partial charge >= 0.3 is 18.0 Å². The van der Waals surface area contributed by atoms with Gasteiger partial charge in [-0.25, -0.2) is 18.4 Å². The van der Waals surface area contributed by atoms with Gasteiger partial charge in [-0.2, -0.15) is 10.2 Å². The normalized spacial score (nSPS) is 16.4. The Morgan fingerprint density at radius 3 is 1.73 bits per heavy atom. The summed E-state index contributed by atoms with van der Waals surface area (Å²) in [6.45, 7) is 6.71. The van der Waals surface area contributed by atoms with Crippen molar-refractivity contribution >= 4 is 75.9 Å². The number of benzene rings is 4. The number of nitrogens with two attached hydrogens (primary N) is 1. The van der Waals surface area contributed by atoms with Crippen molar-refractivity contribution in [1.29, 1.82) is 0 Å². The second kappa shape index (κ2) is 24.6. The number of hydrogen-bond acceptors (Lipinski definition) is 10. The average molecular weight is 1020 g/mol. The molecule has 2 fully saturated rings. The van der Waals surface area contributed by atoms with E-state index in [0.29, 0.717) is 50.3 Å². The number of allylic oxidation sites excluding steroid dienone is 2. The Morgan fingerprint density at radius 2 is 1.25 bits per heavy atom. The molecule has 0 saturated carbocycles. The number of piperidine rings is 2. The number of aromatic amines is 2. The number of aromatic nitrogens is 4. The SMILES string of the molecule is C.COC(=O)[C@H](N)Cc1cc(C)c2[nH]ncc2c1.Cc1cc(C[C@@H](NC(=O)N2CCC(C3=Cc4ccc(F)cc4CC3=O)CC2)C(=O)O)cc2cn[nH]c12.Cl.O=C1Cc2cc(F)ccc2C=C1C1CCNCC1. The Labute approximate surface area is 428 Å². The van der Waals surface area contributed by atoms with Crippen molar-refractivity contribution in [2.75, 3.05) is 33.3 Å². The standard InChI is InChI=1S/C27H27FN4O4.C15H16FNO.C12H15N3O2.CH4.ClH/c1-15-8-16(9-20-14-29-31-25(15)20)10-23(26(34)35)30-27(36)32-6-4-17(5-7-32)22-12-18-2-3-21(28)11-19(18)13-24(22)33;16-13-2-1-11-8-14(10-3-5-17-6-4-10)15(18)9-12(11)7-13;1-7-3-8(5-10(13)12(16)17-2)4-9-6-14-15-11(7)9;;/h2-3,8-9,11-12,14,17,23H,4-7,10,13H2,1H3,(H,29,31)(H,30,36)(H,34,35);1-2,7-8,10,17H,3-6,9H2;3-4,6,10H,5,13H2,1-2H3,(H,14,15);1H4;1H/t23-;;10-;;/m1.1../s1. The number of likely N-dealkylation sites (tertiary alicyclic amines) is 1. The molecule has 15 nitrogen and oxygen atoms in total. The highest BCUT2D eigenvalue weighted by Gasteiger charge is 2.32. The molecule has 0 unspecified atom stereocenters. The molecule has 4 aliphatic rings. The molecule has 0 spiro atoms. The smallest absolute Gasteiger partial charge is 0.326 e. The number of carbonyl (C=O) groups is 5. The van der Waals surface area contributed by atoms with Crippen LogP contribution in [0.2, 0.25) is 0 Å².